The smallest absolute Gasteiger partial charge is 0.260 e. The molecule has 0 radical (unpaired) electrons. The molecule has 132 valence electrons. The molecule has 1 aliphatic heterocycles. The summed E-state index contributed by atoms with van der Waals surface area (Å²) < 4.78 is 1.68. The van der Waals surface area contributed by atoms with Gasteiger partial charge in [-0.25, -0.2) is 0 Å². The largest absolute Gasteiger partial charge is 0.494 e. The van der Waals surface area contributed by atoms with Gasteiger partial charge in [0.05, 0.1) is 17.3 Å². The summed E-state index contributed by atoms with van der Waals surface area (Å²) in [6.45, 7) is 2.70. The SMILES string of the molecule is Cc1cccc(-n2c(O)c([C@H]3NCCc4ccccc43)c(=O)[nH]c2=S)c1. The Kier molecular flexibility index (Phi) is 4.22. The van der Waals surface area contributed by atoms with Gasteiger partial charge in [-0.1, -0.05) is 36.4 Å². The molecule has 3 aromatic rings. The number of hydrogen-bond acceptors (Lipinski definition) is 4. The lowest BCUT2D eigenvalue weighted by Gasteiger charge is -2.27. The average molecular weight is 365 g/mol. The second kappa shape index (κ2) is 6.55. The van der Waals surface area contributed by atoms with Crippen molar-refractivity contribution in [1.29, 1.82) is 0 Å². The van der Waals surface area contributed by atoms with Crippen molar-refractivity contribution in [2.75, 3.05) is 6.54 Å². The number of H-pyrrole nitrogens is 1. The summed E-state index contributed by atoms with van der Waals surface area (Å²) in [7, 11) is 0. The Morgan fingerprint density at radius 3 is 2.81 bits per heavy atom. The molecular weight excluding hydrogens is 346 g/mol. The number of aromatic nitrogens is 2. The Labute approximate surface area is 156 Å². The number of aromatic hydroxyl groups is 1. The molecule has 0 spiro atoms. The van der Waals surface area contributed by atoms with E-state index in [-0.39, 0.29) is 27.8 Å². The Balaban J connectivity index is 1.96. The second-order valence-electron chi connectivity index (χ2n) is 6.51. The Hall–Kier alpha value is -2.70. The molecule has 1 aliphatic rings. The Bertz CT molecular complexity index is 1100. The second-order valence-corrected chi connectivity index (χ2v) is 6.89. The molecule has 1 aromatic heterocycles. The zero-order valence-corrected chi connectivity index (χ0v) is 15.1. The van der Waals surface area contributed by atoms with E-state index in [0.717, 1.165) is 24.1 Å². The van der Waals surface area contributed by atoms with E-state index in [9.17, 15) is 9.90 Å². The summed E-state index contributed by atoms with van der Waals surface area (Å²) in [5.74, 6) is -0.126. The molecule has 0 unspecified atom stereocenters. The molecule has 6 heteroatoms. The minimum atomic E-state index is -0.379. The summed E-state index contributed by atoms with van der Waals surface area (Å²) in [4.78, 5) is 15.4. The fourth-order valence-electron chi connectivity index (χ4n) is 3.57. The van der Waals surface area contributed by atoms with Crippen molar-refractivity contribution in [2.24, 2.45) is 0 Å². The number of rotatable bonds is 2. The highest BCUT2D eigenvalue weighted by Gasteiger charge is 2.28. The highest BCUT2D eigenvalue weighted by Crippen LogP contribution is 2.32. The van der Waals surface area contributed by atoms with Gasteiger partial charge in [0.2, 0.25) is 5.88 Å². The van der Waals surface area contributed by atoms with Crippen LogP contribution in [0.4, 0.5) is 0 Å². The molecule has 0 saturated heterocycles. The molecule has 0 fully saturated rings. The third kappa shape index (κ3) is 2.77. The maximum atomic E-state index is 12.7. The van der Waals surface area contributed by atoms with Crippen LogP contribution < -0.4 is 10.9 Å². The van der Waals surface area contributed by atoms with Crippen molar-refractivity contribution in [2.45, 2.75) is 19.4 Å². The van der Waals surface area contributed by atoms with Crippen LogP contribution in [0.3, 0.4) is 0 Å². The standard InChI is InChI=1S/C20H19N3O2S/c1-12-5-4-7-14(11-12)23-19(25)16(18(24)22-20(23)26)17-15-8-3-2-6-13(15)9-10-21-17/h2-8,11,17,21,25H,9-10H2,1H3,(H,22,24,26)/t17-/m0/s1. The van der Waals surface area contributed by atoms with E-state index in [0.29, 0.717) is 5.69 Å². The third-order valence-corrected chi connectivity index (χ3v) is 5.06. The highest BCUT2D eigenvalue weighted by atomic mass is 32.1. The lowest BCUT2D eigenvalue weighted by molar-refractivity contribution is 0.413. The minimum Gasteiger partial charge on any atom is -0.494 e. The molecule has 2 heterocycles. The molecule has 3 N–H and O–H groups in total. The van der Waals surface area contributed by atoms with Gasteiger partial charge in [0, 0.05) is 6.54 Å². The van der Waals surface area contributed by atoms with Gasteiger partial charge in [-0.05, 0) is 54.4 Å². The quantitative estimate of drug-likeness (QED) is 0.610. The van der Waals surface area contributed by atoms with Gasteiger partial charge < -0.3 is 10.4 Å². The maximum Gasteiger partial charge on any atom is 0.260 e. The fourth-order valence-corrected chi connectivity index (χ4v) is 3.85. The van der Waals surface area contributed by atoms with Crippen LogP contribution >= 0.6 is 12.2 Å². The predicted molar refractivity (Wildman–Crippen MR) is 104 cm³/mol. The van der Waals surface area contributed by atoms with Crippen LogP contribution in [0, 0.1) is 11.7 Å². The molecule has 0 saturated carbocycles. The zero-order chi connectivity index (χ0) is 18.3. The molecule has 2 aromatic carbocycles. The molecule has 1 atom stereocenters. The molecule has 0 amide bonds. The lowest BCUT2D eigenvalue weighted by atomic mass is 9.90. The molecule has 0 aliphatic carbocycles. The van der Waals surface area contributed by atoms with Crippen molar-refractivity contribution in [3.63, 3.8) is 0 Å². The van der Waals surface area contributed by atoms with Crippen LogP contribution in [0.1, 0.15) is 28.3 Å². The first-order valence-electron chi connectivity index (χ1n) is 8.52. The van der Waals surface area contributed by atoms with E-state index in [4.69, 9.17) is 12.2 Å². The summed E-state index contributed by atoms with van der Waals surface area (Å²) >= 11 is 5.32. The van der Waals surface area contributed by atoms with Crippen molar-refractivity contribution in [1.82, 2.24) is 14.9 Å². The zero-order valence-electron chi connectivity index (χ0n) is 14.3. The van der Waals surface area contributed by atoms with Gasteiger partial charge in [0.15, 0.2) is 4.77 Å². The minimum absolute atomic E-state index is 0.126. The van der Waals surface area contributed by atoms with Gasteiger partial charge in [0.1, 0.15) is 0 Å². The van der Waals surface area contributed by atoms with Crippen molar-refractivity contribution < 1.29 is 5.11 Å². The van der Waals surface area contributed by atoms with E-state index in [2.05, 4.69) is 16.4 Å². The van der Waals surface area contributed by atoms with E-state index >= 15 is 0 Å². The fraction of sp³-hybridized carbons (Fsp3) is 0.200. The Morgan fingerprint density at radius 2 is 2.00 bits per heavy atom. The molecule has 0 bridgehead atoms. The van der Waals surface area contributed by atoms with E-state index in [1.807, 2.05) is 49.4 Å². The molecular formula is C20H19N3O2S. The van der Waals surface area contributed by atoms with E-state index < -0.39 is 0 Å². The van der Waals surface area contributed by atoms with Crippen LogP contribution in [0.25, 0.3) is 5.69 Å². The van der Waals surface area contributed by atoms with Crippen molar-refractivity contribution in [3.05, 3.63) is 85.9 Å². The number of aryl methyl sites for hydroxylation is 1. The summed E-state index contributed by atoms with van der Waals surface area (Å²) in [5, 5.41) is 14.4. The van der Waals surface area contributed by atoms with Crippen LogP contribution in [-0.4, -0.2) is 21.2 Å². The number of fused-ring (bicyclic) bond motifs is 1. The average Bonchev–Trinajstić information content (AvgIpc) is 2.61. The Morgan fingerprint density at radius 1 is 1.19 bits per heavy atom. The van der Waals surface area contributed by atoms with Gasteiger partial charge in [-0.2, -0.15) is 0 Å². The summed E-state index contributed by atoms with van der Waals surface area (Å²) in [6, 6.07) is 15.2. The summed E-state index contributed by atoms with van der Waals surface area (Å²) in [5.41, 5.74) is 3.86. The van der Waals surface area contributed by atoms with Gasteiger partial charge in [-0.3, -0.25) is 14.3 Å². The summed E-state index contributed by atoms with van der Waals surface area (Å²) in [6.07, 6.45) is 0.891. The first kappa shape index (κ1) is 16.8. The van der Waals surface area contributed by atoms with Gasteiger partial charge >= 0.3 is 0 Å². The lowest BCUT2D eigenvalue weighted by Crippen LogP contribution is -2.35. The van der Waals surface area contributed by atoms with Gasteiger partial charge in [0.25, 0.3) is 5.56 Å². The van der Waals surface area contributed by atoms with Crippen LogP contribution in [0.2, 0.25) is 0 Å². The van der Waals surface area contributed by atoms with E-state index in [1.165, 1.54) is 10.1 Å². The predicted octanol–water partition coefficient (Wildman–Crippen LogP) is 3.14. The van der Waals surface area contributed by atoms with Crippen LogP contribution in [0.15, 0.2) is 53.3 Å². The number of aromatic amines is 1. The number of benzene rings is 2. The topological polar surface area (TPSA) is 70.0 Å². The third-order valence-electron chi connectivity index (χ3n) is 4.78. The van der Waals surface area contributed by atoms with E-state index in [1.54, 1.807) is 0 Å². The molecule has 4 rings (SSSR count). The van der Waals surface area contributed by atoms with Crippen LogP contribution in [-0.2, 0) is 6.42 Å². The monoisotopic (exact) mass is 365 g/mol. The maximum absolute atomic E-state index is 12.7. The normalized spacial score (nSPS) is 16.3. The highest BCUT2D eigenvalue weighted by molar-refractivity contribution is 7.71. The number of nitrogens with zero attached hydrogens (tertiary/aromatic N) is 1. The molecule has 5 nitrogen and oxygen atoms in total. The number of hydrogen-bond donors (Lipinski definition) is 3. The number of nitrogens with one attached hydrogen (secondary N) is 2. The first-order chi connectivity index (χ1) is 12.6. The van der Waals surface area contributed by atoms with Gasteiger partial charge in [-0.15, -0.1) is 0 Å². The first-order valence-corrected chi connectivity index (χ1v) is 8.93. The van der Waals surface area contributed by atoms with Crippen molar-refractivity contribution in [3.8, 4) is 11.6 Å². The van der Waals surface area contributed by atoms with Crippen molar-refractivity contribution >= 4 is 12.2 Å². The van der Waals surface area contributed by atoms with Crippen LogP contribution in [0.5, 0.6) is 5.88 Å². The molecule has 26 heavy (non-hydrogen) atoms.